The molecule has 0 aliphatic rings. The molecule has 1 aromatic heterocycles. The predicted molar refractivity (Wildman–Crippen MR) is 76.8 cm³/mol. The van der Waals surface area contributed by atoms with Gasteiger partial charge in [0, 0.05) is 4.90 Å². The summed E-state index contributed by atoms with van der Waals surface area (Å²) in [6, 6.07) is 6.67. The van der Waals surface area contributed by atoms with Crippen LogP contribution in [-0.4, -0.2) is 16.7 Å². The Morgan fingerprint density at radius 2 is 2.15 bits per heavy atom. The second kappa shape index (κ2) is 7.40. The SMILES string of the molecule is CC(C)CNCc1nc(CSc2ccccc2F)no1. The zero-order valence-electron chi connectivity index (χ0n) is 11.6. The highest BCUT2D eigenvalue weighted by Gasteiger charge is 2.08. The van der Waals surface area contributed by atoms with E-state index >= 15 is 0 Å². The Labute approximate surface area is 122 Å². The van der Waals surface area contributed by atoms with Crippen LogP contribution in [0.3, 0.4) is 0 Å². The molecular formula is C14H18FN3OS. The number of rotatable bonds is 7. The third-order valence-electron chi connectivity index (χ3n) is 2.53. The average Bonchev–Trinajstić information content (AvgIpc) is 2.85. The van der Waals surface area contributed by atoms with Gasteiger partial charge in [0.15, 0.2) is 5.82 Å². The van der Waals surface area contributed by atoms with Crippen LogP contribution in [-0.2, 0) is 12.3 Å². The summed E-state index contributed by atoms with van der Waals surface area (Å²) in [5.74, 6) is 2.00. The topological polar surface area (TPSA) is 51.0 Å². The molecule has 1 N–H and O–H groups in total. The summed E-state index contributed by atoms with van der Waals surface area (Å²) in [4.78, 5) is 4.86. The van der Waals surface area contributed by atoms with E-state index < -0.39 is 0 Å². The van der Waals surface area contributed by atoms with Crippen molar-refractivity contribution in [2.24, 2.45) is 5.92 Å². The number of hydrogen-bond donors (Lipinski definition) is 1. The lowest BCUT2D eigenvalue weighted by Gasteiger charge is -2.03. The molecule has 0 bridgehead atoms. The molecule has 0 fully saturated rings. The molecule has 0 aliphatic heterocycles. The van der Waals surface area contributed by atoms with Gasteiger partial charge in [0.05, 0.1) is 12.3 Å². The quantitative estimate of drug-likeness (QED) is 0.795. The first-order valence-electron chi connectivity index (χ1n) is 6.54. The number of benzene rings is 1. The highest BCUT2D eigenvalue weighted by atomic mass is 32.2. The van der Waals surface area contributed by atoms with Crippen molar-refractivity contribution in [3.05, 3.63) is 41.8 Å². The molecule has 0 spiro atoms. The van der Waals surface area contributed by atoms with Crippen molar-refractivity contribution in [3.8, 4) is 0 Å². The van der Waals surface area contributed by atoms with E-state index in [4.69, 9.17) is 4.52 Å². The summed E-state index contributed by atoms with van der Waals surface area (Å²) in [5.41, 5.74) is 0. The summed E-state index contributed by atoms with van der Waals surface area (Å²) in [7, 11) is 0. The van der Waals surface area contributed by atoms with E-state index in [0.29, 0.717) is 34.8 Å². The van der Waals surface area contributed by atoms with Gasteiger partial charge in [-0.05, 0) is 24.6 Å². The third kappa shape index (κ3) is 4.61. The lowest BCUT2D eigenvalue weighted by atomic mass is 10.2. The highest BCUT2D eigenvalue weighted by molar-refractivity contribution is 7.98. The van der Waals surface area contributed by atoms with Gasteiger partial charge in [-0.25, -0.2) is 4.39 Å². The van der Waals surface area contributed by atoms with Crippen LogP contribution in [0.5, 0.6) is 0 Å². The second-order valence-electron chi connectivity index (χ2n) is 4.85. The Balaban J connectivity index is 1.82. The van der Waals surface area contributed by atoms with Crippen molar-refractivity contribution >= 4 is 11.8 Å². The summed E-state index contributed by atoms with van der Waals surface area (Å²) in [6.45, 7) is 5.74. The minimum Gasteiger partial charge on any atom is -0.338 e. The van der Waals surface area contributed by atoms with Crippen LogP contribution in [0.1, 0.15) is 25.6 Å². The molecule has 108 valence electrons. The zero-order valence-corrected chi connectivity index (χ0v) is 12.4. The van der Waals surface area contributed by atoms with Crippen LogP contribution < -0.4 is 5.32 Å². The summed E-state index contributed by atoms with van der Waals surface area (Å²) in [5, 5.41) is 7.12. The first kappa shape index (κ1) is 15.0. The average molecular weight is 295 g/mol. The largest absolute Gasteiger partial charge is 0.338 e. The molecule has 2 rings (SSSR count). The fraction of sp³-hybridized carbons (Fsp3) is 0.429. The van der Waals surface area contributed by atoms with Crippen LogP contribution in [0, 0.1) is 11.7 Å². The molecule has 0 aliphatic carbocycles. The van der Waals surface area contributed by atoms with Gasteiger partial charge in [-0.2, -0.15) is 4.98 Å². The van der Waals surface area contributed by atoms with E-state index in [9.17, 15) is 4.39 Å². The van der Waals surface area contributed by atoms with Crippen LogP contribution in [0.25, 0.3) is 0 Å². The number of halogens is 1. The van der Waals surface area contributed by atoms with Crippen molar-refractivity contribution in [1.82, 2.24) is 15.5 Å². The van der Waals surface area contributed by atoms with Gasteiger partial charge in [0.2, 0.25) is 5.89 Å². The van der Waals surface area contributed by atoms with Crippen LogP contribution >= 0.6 is 11.8 Å². The number of nitrogens with one attached hydrogen (secondary N) is 1. The van der Waals surface area contributed by atoms with Gasteiger partial charge in [0.25, 0.3) is 0 Å². The van der Waals surface area contributed by atoms with Crippen molar-refractivity contribution in [1.29, 1.82) is 0 Å². The maximum absolute atomic E-state index is 13.4. The van der Waals surface area contributed by atoms with E-state index in [1.165, 1.54) is 17.8 Å². The maximum atomic E-state index is 13.4. The molecule has 0 saturated heterocycles. The van der Waals surface area contributed by atoms with E-state index in [1.54, 1.807) is 12.1 Å². The van der Waals surface area contributed by atoms with Crippen LogP contribution in [0.2, 0.25) is 0 Å². The fourth-order valence-corrected chi connectivity index (χ4v) is 2.38. The molecule has 0 radical (unpaired) electrons. The zero-order chi connectivity index (χ0) is 14.4. The molecule has 20 heavy (non-hydrogen) atoms. The number of thioether (sulfide) groups is 1. The Kier molecular flexibility index (Phi) is 5.55. The first-order valence-corrected chi connectivity index (χ1v) is 7.53. The molecule has 6 heteroatoms. The van der Waals surface area contributed by atoms with Gasteiger partial charge in [-0.3, -0.25) is 0 Å². The van der Waals surface area contributed by atoms with E-state index in [0.717, 1.165) is 6.54 Å². The Morgan fingerprint density at radius 1 is 1.35 bits per heavy atom. The summed E-state index contributed by atoms with van der Waals surface area (Å²) >= 11 is 1.36. The molecule has 0 atom stereocenters. The van der Waals surface area contributed by atoms with Crippen molar-refractivity contribution in [2.75, 3.05) is 6.54 Å². The summed E-state index contributed by atoms with van der Waals surface area (Å²) < 4.78 is 18.6. The minimum atomic E-state index is -0.222. The minimum absolute atomic E-state index is 0.222. The summed E-state index contributed by atoms with van der Waals surface area (Å²) in [6.07, 6.45) is 0. The van der Waals surface area contributed by atoms with E-state index in [1.807, 2.05) is 6.07 Å². The monoisotopic (exact) mass is 295 g/mol. The number of hydrogen-bond acceptors (Lipinski definition) is 5. The van der Waals surface area contributed by atoms with Gasteiger partial charge < -0.3 is 9.84 Å². The van der Waals surface area contributed by atoms with Gasteiger partial charge in [-0.1, -0.05) is 31.1 Å². The lowest BCUT2D eigenvalue weighted by Crippen LogP contribution is -2.19. The standard InChI is InChI=1S/C14H18FN3OS/c1-10(2)7-16-8-14-17-13(18-19-14)9-20-12-6-4-3-5-11(12)15/h3-6,10,16H,7-9H2,1-2H3. The molecule has 0 amide bonds. The molecule has 1 aromatic carbocycles. The number of aromatic nitrogens is 2. The molecule has 2 aromatic rings. The molecule has 4 nitrogen and oxygen atoms in total. The first-order chi connectivity index (χ1) is 9.65. The van der Waals surface area contributed by atoms with E-state index in [2.05, 4.69) is 29.3 Å². The van der Waals surface area contributed by atoms with Crippen LogP contribution in [0.4, 0.5) is 4.39 Å². The molecule has 0 saturated carbocycles. The smallest absolute Gasteiger partial charge is 0.240 e. The number of nitrogens with zero attached hydrogens (tertiary/aromatic N) is 2. The molecule has 0 unspecified atom stereocenters. The lowest BCUT2D eigenvalue weighted by molar-refractivity contribution is 0.360. The van der Waals surface area contributed by atoms with Gasteiger partial charge in [-0.15, -0.1) is 11.8 Å². The van der Waals surface area contributed by atoms with E-state index in [-0.39, 0.29) is 5.82 Å². The highest BCUT2D eigenvalue weighted by Crippen LogP contribution is 2.24. The van der Waals surface area contributed by atoms with Crippen molar-refractivity contribution < 1.29 is 8.91 Å². The van der Waals surface area contributed by atoms with Gasteiger partial charge >= 0.3 is 0 Å². The third-order valence-corrected chi connectivity index (χ3v) is 3.58. The maximum Gasteiger partial charge on any atom is 0.240 e. The van der Waals surface area contributed by atoms with Gasteiger partial charge in [0.1, 0.15) is 5.82 Å². The second-order valence-corrected chi connectivity index (χ2v) is 5.87. The fourth-order valence-electron chi connectivity index (χ4n) is 1.59. The van der Waals surface area contributed by atoms with Crippen molar-refractivity contribution in [2.45, 2.75) is 31.0 Å². The Bertz CT molecular complexity index is 545. The Hall–Kier alpha value is -1.40. The Morgan fingerprint density at radius 3 is 2.90 bits per heavy atom. The van der Waals surface area contributed by atoms with Crippen LogP contribution in [0.15, 0.2) is 33.7 Å². The molecule has 1 heterocycles. The molecular weight excluding hydrogens is 277 g/mol. The predicted octanol–water partition coefficient (Wildman–Crippen LogP) is 3.25. The van der Waals surface area contributed by atoms with Crippen molar-refractivity contribution in [3.63, 3.8) is 0 Å². The normalized spacial score (nSPS) is 11.2.